The molecule has 1 unspecified atom stereocenters. The lowest BCUT2D eigenvalue weighted by molar-refractivity contribution is -0.132. The highest BCUT2D eigenvalue weighted by Gasteiger charge is 2.48. The number of anilines is 1. The number of hydrogen-bond acceptors (Lipinski definition) is 7. The second-order valence-corrected chi connectivity index (χ2v) is 8.64. The molecule has 1 aliphatic heterocycles. The van der Waals surface area contributed by atoms with Gasteiger partial charge in [0.15, 0.2) is 0 Å². The van der Waals surface area contributed by atoms with Crippen molar-refractivity contribution in [1.82, 2.24) is 0 Å². The molecule has 8 nitrogen and oxygen atoms in total. The number of ketones is 1. The average Bonchev–Trinajstić information content (AvgIpc) is 3.17. The lowest BCUT2D eigenvalue weighted by Gasteiger charge is -2.26. The van der Waals surface area contributed by atoms with Crippen LogP contribution in [-0.2, 0) is 14.3 Å². The van der Waals surface area contributed by atoms with E-state index in [9.17, 15) is 19.5 Å². The van der Waals surface area contributed by atoms with Crippen molar-refractivity contribution in [2.75, 3.05) is 19.1 Å². The van der Waals surface area contributed by atoms with Crippen LogP contribution < -0.4 is 14.4 Å². The number of hydrogen-bond donors (Lipinski definition) is 1. The molecule has 190 valence electrons. The Morgan fingerprint density at radius 1 is 0.919 bits per heavy atom. The number of methoxy groups -OCH3 is 2. The van der Waals surface area contributed by atoms with Gasteiger partial charge in [-0.05, 0) is 56.3 Å². The quantitative estimate of drug-likeness (QED) is 0.213. The number of nitrogens with zero attached hydrogens (tertiary/aromatic N) is 1. The van der Waals surface area contributed by atoms with Gasteiger partial charge in [0.2, 0.25) is 0 Å². The number of aliphatic hydroxyl groups is 1. The molecule has 37 heavy (non-hydrogen) atoms. The van der Waals surface area contributed by atoms with E-state index in [-0.39, 0.29) is 17.4 Å². The molecule has 0 spiro atoms. The first-order valence-corrected chi connectivity index (χ1v) is 11.7. The summed E-state index contributed by atoms with van der Waals surface area (Å²) in [6, 6.07) is 18.8. The Hall–Kier alpha value is -4.59. The maximum Gasteiger partial charge on any atom is 0.337 e. The van der Waals surface area contributed by atoms with Gasteiger partial charge < -0.3 is 19.3 Å². The number of carbonyl (C=O) groups excluding carboxylic acids is 3. The van der Waals surface area contributed by atoms with E-state index in [0.717, 1.165) is 0 Å². The molecule has 1 amide bonds. The van der Waals surface area contributed by atoms with Gasteiger partial charge >= 0.3 is 5.97 Å². The van der Waals surface area contributed by atoms with Crippen LogP contribution in [-0.4, -0.2) is 43.1 Å². The average molecular weight is 502 g/mol. The first-order chi connectivity index (χ1) is 17.8. The smallest absolute Gasteiger partial charge is 0.337 e. The van der Waals surface area contributed by atoms with Crippen LogP contribution in [0.1, 0.15) is 41.4 Å². The fraction of sp³-hybridized carbons (Fsp3) is 0.207. The number of ether oxygens (including phenoxy) is 3. The molecule has 1 N–H and O–H groups in total. The molecule has 3 aromatic carbocycles. The summed E-state index contributed by atoms with van der Waals surface area (Å²) < 4.78 is 16.0. The molecule has 0 bridgehead atoms. The first-order valence-electron chi connectivity index (χ1n) is 11.7. The second-order valence-electron chi connectivity index (χ2n) is 8.64. The topological polar surface area (TPSA) is 102 Å². The number of esters is 1. The number of benzene rings is 3. The van der Waals surface area contributed by atoms with E-state index in [2.05, 4.69) is 0 Å². The van der Waals surface area contributed by atoms with Crippen molar-refractivity contribution in [2.45, 2.75) is 26.0 Å². The molecule has 0 saturated carbocycles. The van der Waals surface area contributed by atoms with E-state index < -0.39 is 23.7 Å². The number of carbonyl (C=O) groups is 3. The van der Waals surface area contributed by atoms with E-state index in [1.165, 1.54) is 31.3 Å². The summed E-state index contributed by atoms with van der Waals surface area (Å²) in [7, 11) is 2.76. The molecule has 0 radical (unpaired) electrons. The molecular weight excluding hydrogens is 474 g/mol. The molecule has 0 aromatic heterocycles. The Morgan fingerprint density at radius 3 is 2.27 bits per heavy atom. The summed E-state index contributed by atoms with van der Waals surface area (Å²) >= 11 is 0. The summed E-state index contributed by atoms with van der Waals surface area (Å²) in [6.07, 6.45) is -0.0930. The Labute approximate surface area is 214 Å². The van der Waals surface area contributed by atoms with Crippen molar-refractivity contribution >= 4 is 29.1 Å². The normalized spacial score (nSPS) is 16.7. The minimum atomic E-state index is -0.991. The van der Waals surface area contributed by atoms with Crippen molar-refractivity contribution in [1.29, 1.82) is 0 Å². The zero-order valence-electron chi connectivity index (χ0n) is 20.9. The summed E-state index contributed by atoms with van der Waals surface area (Å²) in [6.45, 7) is 3.76. The van der Waals surface area contributed by atoms with E-state index >= 15 is 0 Å². The third-order valence-electron chi connectivity index (χ3n) is 5.92. The van der Waals surface area contributed by atoms with E-state index in [1.54, 1.807) is 60.7 Å². The van der Waals surface area contributed by atoms with E-state index in [0.29, 0.717) is 33.9 Å². The van der Waals surface area contributed by atoms with Gasteiger partial charge in [-0.2, -0.15) is 0 Å². The van der Waals surface area contributed by atoms with Gasteiger partial charge in [-0.15, -0.1) is 0 Å². The largest absolute Gasteiger partial charge is 0.507 e. The van der Waals surface area contributed by atoms with Crippen LogP contribution >= 0.6 is 0 Å². The molecular formula is C29H27NO7. The molecule has 1 atom stereocenters. The number of rotatable bonds is 7. The zero-order chi connectivity index (χ0) is 26.7. The predicted molar refractivity (Wildman–Crippen MR) is 138 cm³/mol. The fourth-order valence-electron chi connectivity index (χ4n) is 4.31. The zero-order valence-corrected chi connectivity index (χ0v) is 20.9. The van der Waals surface area contributed by atoms with Crippen LogP contribution in [0.3, 0.4) is 0 Å². The molecule has 1 heterocycles. The first kappa shape index (κ1) is 25.5. The third kappa shape index (κ3) is 4.91. The van der Waals surface area contributed by atoms with Crippen LogP contribution in [0, 0.1) is 0 Å². The van der Waals surface area contributed by atoms with Crippen LogP contribution in [0.25, 0.3) is 5.76 Å². The Bertz CT molecular complexity index is 1380. The monoisotopic (exact) mass is 501 g/mol. The van der Waals surface area contributed by atoms with Crippen LogP contribution in [0.4, 0.5) is 5.69 Å². The van der Waals surface area contributed by atoms with Crippen molar-refractivity contribution in [2.24, 2.45) is 0 Å². The van der Waals surface area contributed by atoms with Gasteiger partial charge in [-0.3, -0.25) is 14.5 Å². The lowest BCUT2D eigenvalue weighted by atomic mass is 9.94. The number of para-hydroxylation sites is 1. The van der Waals surface area contributed by atoms with Crippen LogP contribution in [0.15, 0.2) is 78.4 Å². The number of Topliss-reactive ketones (excluding diaryl/α,β-unsaturated/α-hetero) is 1. The predicted octanol–water partition coefficient (Wildman–Crippen LogP) is 4.90. The SMILES string of the molecule is COC(=O)c1ccc(N2C(=O)C(=O)/C(=C(/O)c3cccc(OC(C)C)c3)C2c2ccccc2OC)cc1. The lowest BCUT2D eigenvalue weighted by Crippen LogP contribution is -2.29. The summed E-state index contributed by atoms with van der Waals surface area (Å²) in [5.74, 6) is -1.58. The highest BCUT2D eigenvalue weighted by molar-refractivity contribution is 6.51. The van der Waals surface area contributed by atoms with Crippen molar-refractivity contribution in [3.63, 3.8) is 0 Å². The molecule has 1 fully saturated rings. The van der Waals surface area contributed by atoms with Crippen molar-refractivity contribution in [3.05, 3.63) is 95.1 Å². The highest BCUT2D eigenvalue weighted by Crippen LogP contribution is 2.45. The van der Waals surface area contributed by atoms with Crippen LogP contribution in [0.2, 0.25) is 0 Å². The highest BCUT2D eigenvalue weighted by atomic mass is 16.5. The van der Waals surface area contributed by atoms with Gasteiger partial charge in [-0.1, -0.05) is 30.3 Å². The van der Waals surface area contributed by atoms with Crippen molar-refractivity contribution in [3.8, 4) is 11.5 Å². The van der Waals surface area contributed by atoms with Gasteiger partial charge in [0.05, 0.1) is 37.5 Å². The molecule has 8 heteroatoms. The Kier molecular flexibility index (Phi) is 7.29. The summed E-state index contributed by atoms with van der Waals surface area (Å²) in [4.78, 5) is 40.0. The molecule has 1 aliphatic rings. The number of amides is 1. The van der Waals surface area contributed by atoms with Gasteiger partial charge in [0, 0.05) is 16.8 Å². The summed E-state index contributed by atoms with van der Waals surface area (Å²) in [5.41, 5.74) is 1.41. The molecule has 4 rings (SSSR count). The molecule has 3 aromatic rings. The van der Waals surface area contributed by atoms with E-state index in [4.69, 9.17) is 14.2 Å². The molecule has 1 saturated heterocycles. The fourth-order valence-corrected chi connectivity index (χ4v) is 4.31. The number of aliphatic hydroxyl groups excluding tert-OH is 1. The van der Waals surface area contributed by atoms with E-state index in [1.807, 2.05) is 13.8 Å². The summed E-state index contributed by atoms with van der Waals surface area (Å²) in [5, 5.41) is 11.4. The second kappa shape index (κ2) is 10.6. The Morgan fingerprint density at radius 2 is 1.62 bits per heavy atom. The third-order valence-corrected chi connectivity index (χ3v) is 5.92. The maximum absolute atomic E-state index is 13.4. The van der Waals surface area contributed by atoms with Crippen LogP contribution in [0.5, 0.6) is 11.5 Å². The molecule has 0 aliphatic carbocycles. The minimum Gasteiger partial charge on any atom is -0.507 e. The standard InChI is InChI=1S/C29H27NO7/c1-17(2)37-21-9-7-8-19(16-21)26(31)24-25(22-10-5-6-11-23(22)35-3)30(28(33)27(24)32)20-14-12-18(13-15-20)29(34)36-4/h5-17,25,31H,1-4H3/b26-24+. The van der Waals surface area contributed by atoms with Crippen molar-refractivity contribution < 1.29 is 33.7 Å². The van der Waals surface area contributed by atoms with Gasteiger partial charge in [0.25, 0.3) is 11.7 Å². The van der Waals surface area contributed by atoms with Gasteiger partial charge in [-0.25, -0.2) is 4.79 Å². The Balaban J connectivity index is 1.91. The minimum absolute atomic E-state index is 0.0896. The maximum atomic E-state index is 13.4. The van der Waals surface area contributed by atoms with Gasteiger partial charge in [0.1, 0.15) is 17.3 Å².